The number of fused-ring (bicyclic) bond motifs is 1. The first-order chi connectivity index (χ1) is 18.7. The Kier molecular flexibility index (Phi) is 7.40. The van der Waals surface area contributed by atoms with Crippen LogP contribution in [0.15, 0.2) is 60.0 Å². The lowest BCUT2D eigenvalue weighted by Gasteiger charge is -2.33. The summed E-state index contributed by atoms with van der Waals surface area (Å²) in [6.07, 6.45) is 11.6. The molecule has 2 fully saturated rings. The van der Waals surface area contributed by atoms with Crippen LogP contribution in [0.4, 0.5) is 21.9 Å². The van der Waals surface area contributed by atoms with Gasteiger partial charge < -0.3 is 10.3 Å². The highest BCUT2D eigenvalue weighted by molar-refractivity contribution is 7.99. The van der Waals surface area contributed by atoms with Gasteiger partial charge in [0.05, 0.1) is 29.7 Å². The van der Waals surface area contributed by atoms with Crippen molar-refractivity contribution in [1.29, 1.82) is 0 Å². The quantitative estimate of drug-likeness (QED) is 0.358. The van der Waals surface area contributed by atoms with Gasteiger partial charge in [-0.2, -0.15) is 16.9 Å². The lowest BCUT2D eigenvalue weighted by Crippen LogP contribution is -2.44. The molecule has 3 aliphatic rings. The Morgan fingerprint density at radius 2 is 1.82 bits per heavy atom. The first-order valence-corrected chi connectivity index (χ1v) is 15.1. The normalized spacial score (nSPS) is 19.2. The van der Waals surface area contributed by atoms with Crippen molar-refractivity contribution in [3.63, 3.8) is 0 Å². The maximum Gasteiger partial charge on any atom is 0.349 e. The molecule has 2 amide bonds. The summed E-state index contributed by atoms with van der Waals surface area (Å²) in [5.41, 5.74) is 6.14. The molecule has 2 aliphatic heterocycles. The van der Waals surface area contributed by atoms with Gasteiger partial charge in [-0.05, 0) is 80.0 Å². The van der Waals surface area contributed by atoms with E-state index in [1.165, 1.54) is 19.3 Å². The fraction of sp³-hybridized carbons (Fsp3) is 0.433. The lowest BCUT2D eigenvalue weighted by molar-refractivity contribution is 0.182. The highest BCUT2D eigenvalue weighted by atomic mass is 32.2. The Bertz CT molecular complexity index is 1280. The van der Waals surface area contributed by atoms with Crippen LogP contribution in [0.3, 0.4) is 0 Å². The van der Waals surface area contributed by atoms with Crippen LogP contribution in [0.25, 0.3) is 0 Å². The molecule has 0 spiro atoms. The number of nitrogens with zero attached hydrogens (tertiary/aromatic N) is 4. The molecule has 2 aromatic carbocycles. The zero-order valence-corrected chi connectivity index (χ0v) is 22.8. The Morgan fingerprint density at radius 1 is 1.03 bits per heavy atom. The smallest absolute Gasteiger partial charge is 0.349 e. The van der Waals surface area contributed by atoms with Crippen molar-refractivity contribution in [2.45, 2.75) is 64.5 Å². The molecule has 1 aliphatic carbocycles. The molecular formula is C30H36N6OS. The van der Waals surface area contributed by atoms with Crippen LogP contribution in [-0.4, -0.2) is 44.3 Å². The third-order valence-corrected chi connectivity index (χ3v) is 8.99. The standard InChI is InChI=1S/C30H36N6OS/c1-21-7-12-26-27(19-21)35(24-10-8-23(9-11-24)33-20-28-31-15-16-32-28)30(37)36(25-13-17-38-18-14-25)34-29(26)22-5-3-2-4-6-22/h7-12,15-16,19,22,25,33H,2-6,13-14,17-18,20H2,1H3,(H,31,32). The fourth-order valence-electron chi connectivity index (χ4n) is 5.86. The van der Waals surface area contributed by atoms with Crippen LogP contribution in [0.1, 0.15) is 61.9 Å². The SMILES string of the molecule is Cc1ccc2c(c1)N(c1ccc(NCc3ncc[nH]3)cc1)C(=O)N(C1CCSCC1)N=C2C1CCCCC1. The van der Waals surface area contributed by atoms with Crippen LogP contribution < -0.4 is 10.2 Å². The second-order valence-corrected chi connectivity index (χ2v) is 11.8. The van der Waals surface area contributed by atoms with Gasteiger partial charge in [0.2, 0.25) is 0 Å². The third-order valence-electron chi connectivity index (χ3n) is 7.94. The predicted molar refractivity (Wildman–Crippen MR) is 156 cm³/mol. The Morgan fingerprint density at radius 3 is 2.55 bits per heavy atom. The van der Waals surface area contributed by atoms with Gasteiger partial charge in [-0.15, -0.1) is 0 Å². The number of aryl methyl sites for hydroxylation is 1. The number of urea groups is 1. The third kappa shape index (κ3) is 5.19. The van der Waals surface area contributed by atoms with Gasteiger partial charge in [0.1, 0.15) is 5.82 Å². The maximum absolute atomic E-state index is 14.4. The molecule has 38 heavy (non-hydrogen) atoms. The van der Waals surface area contributed by atoms with Crippen molar-refractivity contribution in [2.75, 3.05) is 21.7 Å². The number of anilines is 3. The zero-order valence-electron chi connectivity index (χ0n) is 22.0. The van der Waals surface area contributed by atoms with Crippen LogP contribution in [-0.2, 0) is 6.54 Å². The van der Waals surface area contributed by atoms with Gasteiger partial charge in [-0.1, -0.05) is 31.4 Å². The van der Waals surface area contributed by atoms with Gasteiger partial charge in [0.15, 0.2) is 0 Å². The molecule has 7 nitrogen and oxygen atoms in total. The zero-order chi connectivity index (χ0) is 25.9. The highest BCUT2D eigenvalue weighted by Crippen LogP contribution is 2.39. The first-order valence-electron chi connectivity index (χ1n) is 13.9. The number of nitrogens with one attached hydrogen (secondary N) is 2. The maximum atomic E-state index is 14.4. The number of aromatic nitrogens is 2. The van der Waals surface area contributed by atoms with E-state index in [0.29, 0.717) is 12.5 Å². The molecule has 1 aromatic heterocycles. The molecule has 1 saturated carbocycles. The molecule has 3 heterocycles. The van der Waals surface area contributed by atoms with Gasteiger partial charge in [0, 0.05) is 29.6 Å². The van der Waals surface area contributed by atoms with Crippen LogP contribution in [0, 0.1) is 12.8 Å². The minimum Gasteiger partial charge on any atom is -0.378 e. The summed E-state index contributed by atoms with van der Waals surface area (Å²) in [7, 11) is 0. The summed E-state index contributed by atoms with van der Waals surface area (Å²) < 4.78 is 0. The van der Waals surface area contributed by atoms with Crippen LogP contribution in [0.5, 0.6) is 0 Å². The largest absolute Gasteiger partial charge is 0.378 e. The molecular weight excluding hydrogens is 492 g/mol. The van der Waals surface area contributed by atoms with Crippen LogP contribution >= 0.6 is 11.8 Å². The van der Waals surface area contributed by atoms with E-state index < -0.39 is 0 Å². The van der Waals surface area contributed by atoms with Crippen molar-refractivity contribution in [2.24, 2.45) is 11.0 Å². The average molecular weight is 529 g/mol. The first kappa shape index (κ1) is 25.0. The summed E-state index contributed by atoms with van der Waals surface area (Å²) in [4.78, 5) is 23.7. The summed E-state index contributed by atoms with van der Waals surface area (Å²) in [5, 5.41) is 10.5. The van der Waals surface area contributed by atoms with E-state index in [4.69, 9.17) is 5.10 Å². The summed E-state index contributed by atoms with van der Waals surface area (Å²) in [6, 6.07) is 14.8. The van der Waals surface area contributed by atoms with Gasteiger partial charge >= 0.3 is 6.03 Å². The number of hydrogen-bond acceptors (Lipinski definition) is 5. The Balaban J connectivity index is 1.39. The molecule has 0 radical (unpaired) electrons. The lowest BCUT2D eigenvalue weighted by atomic mass is 9.82. The number of thioether (sulfide) groups is 1. The molecule has 1 saturated heterocycles. The van der Waals surface area contributed by atoms with Gasteiger partial charge in [0.25, 0.3) is 0 Å². The number of aromatic amines is 1. The van der Waals surface area contributed by atoms with E-state index in [0.717, 1.165) is 76.9 Å². The minimum atomic E-state index is -0.0455. The molecule has 198 valence electrons. The number of benzene rings is 2. The predicted octanol–water partition coefficient (Wildman–Crippen LogP) is 7.08. The second-order valence-electron chi connectivity index (χ2n) is 10.6. The number of carbonyl (C=O) groups excluding carboxylic acids is 1. The molecule has 6 rings (SSSR count). The van der Waals surface area contributed by atoms with Crippen molar-refractivity contribution in [3.05, 3.63) is 71.8 Å². The topological polar surface area (TPSA) is 76.6 Å². The van der Waals surface area contributed by atoms with E-state index >= 15 is 0 Å². The number of amides is 2. The number of H-pyrrole nitrogens is 1. The van der Waals surface area contributed by atoms with Crippen molar-refractivity contribution < 1.29 is 4.79 Å². The Hall–Kier alpha value is -3.26. The van der Waals surface area contributed by atoms with Crippen molar-refractivity contribution in [3.8, 4) is 0 Å². The molecule has 2 N–H and O–H groups in total. The summed E-state index contributed by atoms with van der Waals surface area (Å²) in [6.45, 7) is 2.71. The molecule has 0 unspecified atom stereocenters. The average Bonchev–Trinajstić information content (AvgIpc) is 3.45. The van der Waals surface area contributed by atoms with Crippen molar-refractivity contribution in [1.82, 2.24) is 15.0 Å². The molecule has 0 bridgehead atoms. The van der Waals surface area contributed by atoms with Gasteiger partial charge in [-0.25, -0.2) is 14.8 Å². The Labute approximate surface area is 229 Å². The number of carbonyl (C=O) groups is 1. The fourth-order valence-corrected chi connectivity index (χ4v) is 6.95. The van der Waals surface area contributed by atoms with E-state index in [1.54, 1.807) is 6.20 Å². The molecule has 0 atom stereocenters. The summed E-state index contributed by atoms with van der Waals surface area (Å²) >= 11 is 1.98. The molecule has 3 aromatic rings. The number of hydrogen-bond donors (Lipinski definition) is 2. The van der Waals surface area contributed by atoms with Crippen molar-refractivity contribution >= 4 is 40.6 Å². The number of imidazole rings is 1. The number of rotatable bonds is 6. The molecule has 8 heteroatoms. The summed E-state index contributed by atoms with van der Waals surface area (Å²) in [5.74, 6) is 3.43. The van der Waals surface area contributed by atoms with Crippen LogP contribution in [0.2, 0.25) is 0 Å². The minimum absolute atomic E-state index is 0.0455. The highest BCUT2D eigenvalue weighted by Gasteiger charge is 2.37. The second kappa shape index (κ2) is 11.2. The van der Waals surface area contributed by atoms with E-state index in [9.17, 15) is 4.79 Å². The van der Waals surface area contributed by atoms with Gasteiger partial charge in [-0.3, -0.25) is 4.90 Å². The van der Waals surface area contributed by atoms with E-state index in [1.807, 2.05) is 52.1 Å². The monoisotopic (exact) mass is 528 g/mol. The van der Waals surface area contributed by atoms with E-state index in [-0.39, 0.29) is 12.1 Å². The van der Waals surface area contributed by atoms with E-state index in [2.05, 4.69) is 40.4 Å². The number of hydrazone groups is 1.